The summed E-state index contributed by atoms with van der Waals surface area (Å²) in [5.74, 6) is -0.220. The van der Waals surface area contributed by atoms with E-state index in [-0.39, 0.29) is 11.5 Å². The molecule has 0 aliphatic carbocycles. The zero-order valence-corrected chi connectivity index (χ0v) is 10.9. The molecule has 0 bridgehead atoms. The molecule has 1 rings (SSSR count). The van der Waals surface area contributed by atoms with E-state index in [4.69, 9.17) is 0 Å². The molecule has 2 nitrogen and oxygen atoms in total. The summed E-state index contributed by atoms with van der Waals surface area (Å²) in [6.45, 7) is 1.73. The first-order chi connectivity index (χ1) is 7.72. The van der Waals surface area contributed by atoms with E-state index in [1.807, 2.05) is 0 Å². The Balaban J connectivity index is 2.29. The lowest BCUT2D eigenvalue weighted by Gasteiger charge is -2.18. The summed E-state index contributed by atoms with van der Waals surface area (Å²) >= 11 is 1.79. The molecule has 0 saturated carbocycles. The number of rotatable bonds is 5. The number of aryl methyl sites for hydroxylation is 1. The fraction of sp³-hybridized carbons (Fsp3) is 0.714. The van der Waals surface area contributed by atoms with E-state index in [1.54, 1.807) is 6.92 Å². The maximum atomic E-state index is 12.5. The van der Waals surface area contributed by atoms with Crippen molar-refractivity contribution in [2.75, 3.05) is 11.5 Å². The highest BCUT2D eigenvalue weighted by Gasteiger charge is 2.57. The second-order valence-corrected chi connectivity index (χ2v) is 6.04. The predicted octanol–water partition coefficient (Wildman–Crippen LogP) is 3.83. The van der Waals surface area contributed by atoms with E-state index in [0.717, 1.165) is 28.3 Å². The molecule has 0 aliphatic rings. The minimum absolute atomic E-state index is 0.104. The van der Waals surface area contributed by atoms with Gasteiger partial charge >= 0.3 is 11.4 Å². The van der Waals surface area contributed by atoms with E-state index in [2.05, 4.69) is 9.36 Å². The van der Waals surface area contributed by atoms with Crippen LogP contribution in [0.2, 0.25) is 0 Å². The van der Waals surface area contributed by atoms with E-state index in [1.165, 1.54) is 0 Å². The molecule has 10 heteroatoms. The maximum absolute atomic E-state index is 12.5. The number of hydrogen-bond donors (Lipinski definition) is 0. The Morgan fingerprint density at radius 1 is 1.18 bits per heavy atom. The minimum Gasteiger partial charge on any atom is -0.215 e. The molecule has 0 aromatic carbocycles. The van der Waals surface area contributed by atoms with Crippen LogP contribution in [0.1, 0.15) is 5.01 Å². The first-order valence-electron chi connectivity index (χ1n) is 4.24. The molecular weight excluding hydrogens is 303 g/mol. The van der Waals surface area contributed by atoms with Gasteiger partial charge in [0.2, 0.25) is 0 Å². The molecule has 0 radical (unpaired) electrons. The van der Waals surface area contributed by atoms with Crippen LogP contribution in [-0.2, 0) is 0 Å². The van der Waals surface area contributed by atoms with Crippen LogP contribution in [0.15, 0.2) is 5.16 Å². The molecule has 0 aliphatic heterocycles. The quantitative estimate of drug-likeness (QED) is 0.469. The van der Waals surface area contributed by atoms with Crippen molar-refractivity contribution in [1.29, 1.82) is 0 Å². The number of aromatic nitrogens is 2. The summed E-state index contributed by atoms with van der Waals surface area (Å²) in [6.07, 6.45) is -5.50. The average molecular weight is 310 g/mol. The van der Waals surface area contributed by atoms with Crippen molar-refractivity contribution in [1.82, 2.24) is 9.36 Å². The summed E-state index contributed by atoms with van der Waals surface area (Å²) in [5.41, 5.74) is 0. The van der Waals surface area contributed by atoms with Gasteiger partial charge in [-0.05, 0) is 18.5 Å². The van der Waals surface area contributed by atoms with Crippen LogP contribution in [0, 0.1) is 6.92 Å². The van der Waals surface area contributed by atoms with Gasteiger partial charge in [-0.25, -0.2) is 4.98 Å². The summed E-state index contributed by atoms with van der Waals surface area (Å²) < 4.78 is 64.2. The van der Waals surface area contributed by atoms with Crippen molar-refractivity contribution in [3.63, 3.8) is 0 Å². The molecule has 1 aromatic rings. The van der Waals surface area contributed by atoms with Gasteiger partial charge in [-0.3, -0.25) is 0 Å². The first kappa shape index (κ1) is 15.0. The van der Waals surface area contributed by atoms with Crippen molar-refractivity contribution < 1.29 is 22.0 Å². The standard InChI is InChI=1S/C7H7F5N2S3/c1-4-13-5(14-17-4)15-2-3-16-7(11,12)6(8,9)10/h2-3H2,1H3. The molecule has 98 valence electrons. The second kappa shape index (κ2) is 5.70. The molecule has 17 heavy (non-hydrogen) atoms. The molecule has 0 N–H and O–H groups in total. The number of nitrogens with zero attached hydrogens (tertiary/aromatic N) is 2. The Morgan fingerprint density at radius 2 is 1.82 bits per heavy atom. The zero-order valence-electron chi connectivity index (χ0n) is 8.42. The second-order valence-electron chi connectivity index (χ2n) is 2.81. The fourth-order valence-electron chi connectivity index (χ4n) is 0.724. The summed E-state index contributed by atoms with van der Waals surface area (Å²) in [5, 5.41) is -3.57. The Hall–Kier alpha value is -0.0900. The van der Waals surface area contributed by atoms with Crippen molar-refractivity contribution >= 4 is 35.1 Å². The highest BCUT2D eigenvalue weighted by atomic mass is 32.2. The van der Waals surface area contributed by atoms with Crippen LogP contribution < -0.4 is 0 Å². The SMILES string of the molecule is Cc1nc(SCCSC(F)(F)C(F)(F)F)ns1. The molecule has 0 atom stereocenters. The van der Waals surface area contributed by atoms with Gasteiger partial charge in [0, 0.05) is 11.5 Å². The van der Waals surface area contributed by atoms with Crippen LogP contribution in [-0.4, -0.2) is 32.3 Å². The Bertz CT molecular complexity index is 365. The van der Waals surface area contributed by atoms with E-state index >= 15 is 0 Å². The average Bonchev–Trinajstić information content (AvgIpc) is 2.57. The summed E-state index contributed by atoms with van der Waals surface area (Å²) in [7, 11) is 0. The topological polar surface area (TPSA) is 25.8 Å². The Kier molecular flexibility index (Phi) is 5.02. The largest absolute Gasteiger partial charge is 0.464 e. The molecule has 0 amide bonds. The van der Waals surface area contributed by atoms with Gasteiger partial charge in [-0.2, -0.15) is 26.3 Å². The van der Waals surface area contributed by atoms with Gasteiger partial charge in [0.05, 0.1) is 0 Å². The fourth-order valence-corrected chi connectivity index (χ4v) is 2.95. The van der Waals surface area contributed by atoms with Crippen LogP contribution >= 0.6 is 35.1 Å². The molecule has 0 unspecified atom stereocenters. The van der Waals surface area contributed by atoms with E-state index in [9.17, 15) is 22.0 Å². The predicted molar refractivity (Wildman–Crippen MR) is 58.8 cm³/mol. The number of hydrogen-bond acceptors (Lipinski definition) is 5. The molecule has 1 aromatic heterocycles. The molecule has 0 fully saturated rings. The van der Waals surface area contributed by atoms with Crippen molar-refractivity contribution in [2.24, 2.45) is 0 Å². The smallest absolute Gasteiger partial charge is 0.215 e. The highest BCUT2D eigenvalue weighted by Crippen LogP contribution is 2.44. The van der Waals surface area contributed by atoms with E-state index < -0.39 is 23.2 Å². The molecule has 0 saturated heterocycles. The monoisotopic (exact) mass is 310 g/mol. The normalized spacial score (nSPS) is 13.1. The van der Waals surface area contributed by atoms with Crippen molar-refractivity contribution in [2.45, 2.75) is 23.5 Å². The number of thioether (sulfide) groups is 2. The maximum Gasteiger partial charge on any atom is 0.464 e. The summed E-state index contributed by atoms with van der Waals surface area (Å²) in [6, 6.07) is 0. The van der Waals surface area contributed by atoms with Crippen LogP contribution in [0.3, 0.4) is 0 Å². The lowest BCUT2D eigenvalue weighted by atomic mass is 10.7. The third-order valence-electron chi connectivity index (χ3n) is 1.44. The van der Waals surface area contributed by atoms with Gasteiger partial charge in [0.25, 0.3) is 0 Å². The molecule has 0 spiro atoms. The lowest BCUT2D eigenvalue weighted by Crippen LogP contribution is -2.33. The highest BCUT2D eigenvalue weighted by molar-refractivity contribution is 8.03. The number of alkyl halides is 5. The minimum atomic E-state index is -5.50. The Morgan fingerprint density at radius 3 is 2.29 bits per heavy atom. The third kappa shape index (κ3) is 4.59. The van der Waals surface area contributed by atoms with Gasteiger partial charge in [0.1, 0.15) is 5.01 Å². The molecule has 1 heterocycles. The van der Waals surface area contributed by atoms with Gasteiger partial charge < -0.3 is 0 Å². The Labute approximate surface area is 107 Å². The zero-order chi connectivity index (χ0) is 13.1. The molecular formula is C7H7F5N2S3. The van der Waals surface area contributed by atoms with Gasteiger partial charge in [-0.1, -0.05) is 23.5 Å². The van der Waals surface area contributed by atoms with Gasteiger partial charge in [0.15, 0.2) is 5.16 Å². The summed E-state index contributed by atoms with van der Waals surface area (Å²) in [4.78, 5) is 3.94. The van der Waals surface area contributed by atoms with Crippen LogP contribution in [0.5, 0.6) is 0 Å². The number of halogens is 5. The van der Waals surface area contributed by atoms with E-state index in [0.29, 0.717) is 5.16 Å². The first-order valence-corrected chi connectivity index (χ1v) is 6.98. The van der Waals surface area contributed by atoms with Crippen LogP contribution in [0.25, 0.3) is 0 Å². The lowest BCUT2D eigenvalue weighted by molar-refractivity contribution is -0.237. The van der Waals surface area contributed by atoms with Crippen LogP contribution in [0.4, 0.5) is 22.0 Å². The van der Waals surface area contributed by atoms with Crippen molar-refractivity contribution in [3.05, 3.63) is 5.01 Å². The van der Waals surface area contributed by atoms with Gasteiger partial charge in [-0.15, -0.1) is 0 Å². The van der Waals surface area contributed by atoms with Crippen molar-refractivity contribution in [3.8, 4) is 0 Å². The third-order valence-corrected chi connectivity index (χ3v) is 4.28.